The highest BCUT2D eigenvalue weighted by Gasteiger charge is 2.32. The summed E-state index contributed by atoms with van der Waals surface area (Å²) in [7, 11) is 0. The number of benzene rings is 3. The predicted octanol–water partition coefficient (Wildman–Crippen LogP) is 7.31. The van der Waals surface area contributed by atoms with Gasteiger partial charge < -0.3 is 15.0 Å². The average Bonchev–Trinajstić information content (AvgIpc) is 2.89. The van der Waals surface area contributed by atoms with E-state index in [1.807, 2.05) is 70.2 Å². The van der Waals surface area contributed by atoms with Crippen molar-refractivity contribution >= 4 is 50.9 Å². The normalized spacial score (nSPS) is 12.5. The van der Waals surface area contributed by atoms with Gasteiger partial charge in [-0.15, -0.1) is 0 Å². The van der Waals surface area contributed by atoms with Gasteiger partial charge >= 0.3 is 0 Å². The Morgan fingerprint density at radius 3 is 2.18 bits per heavy atom. The Balaban J connectivity index is 1.98. The minimum Gasteiger partial charge on any atom is -0.484 e. The van der Waals surface area contributed by atoms with E-state index in [2.05, 4.69) is 21.2 Å². The molecule has 38 heavy (non-hydrogen) atoms. The fraction of sp³-hybridized carbons (Fsp3) is 0.333. The number of nitrogens with zero attached hydrogens (tertiary/aromatic N) is 1. The van der Waals surface area contributed by atoms with Gasteiger partial charge in [0.2, 0.25) is 5.91 Å². The first-order valence-electron chi connectivity index (χ1n) is 12.6. The zero-order valence-corrected chi connectivity index (χ0v) is 25.2. The standard InChI is InChI=1S/C30H33BrCl2N2O3/c1-5-21(4)34-30(37)27(16-22-10-7-6-8-11-22)35(17-24-25(32)12-9-13-26(24)33)28(36)18-38-23-14-19(2)29(31)20(3)15-23/h6-15,21,27H,5,16-18H2,1-4H3,(H,34,37)/t21-,27+/m0/s1. The molecule has 0 aromatic heterocycles. The van der Waals surface area contributed by atoms with Crippen molar-refractivity contribution in [3.8, 4) is 5.75 Å². The third-order valence-corrected chi connectivity index (χ3v) is 8.39. The number of carbonyl (C=O) groups excluding carboxylic acids is 2. The molecule has 0 aliphatic rings. The van der Waals surface area contributed by atoms with Gasteiger partial charge in [0, 0.05) is 39.1 Å². The molecule has 3 rings (SSSR count). The van der Waals surface area contributed by atoms with Gasteiger partial charge in [0.05, 0.1) is 0 Å². The minimum atomic E-state index is -0.803. The lowest BCUT2D eigenvalue weighted by molar-refractivity contribution is -0.143. The first-order valence-corrected chi connectivity index (χ1v) is 14.1. The highest BCUT2D eigenvalue weighted by atomic mass is 79.9. The molecule has 0 unspecified atom stereocenters. The van der Waals surface area contributed by atoms with Crippen molar-refractivity contribution in [1.82, 2.24) is 10.2 Å². The van der Waals surface area contributed by atoms with Gasteiger partial charge in [-0.1, -0.05) is 82.5 Å². The molecule has 5 nitrogen and oxygen atoms in total. The Labute approximate surface area is 243 Å². The molecule has 1 N–H and O–H groups in total. The van der Waals surface area contributed by atoms with E-state index in [0.717, 1.165) is 27.6 Å². The third-order valence-electron chi connectivity index (χ3n) is 6.43. The van der Waals surface area contributed by atoms with E-state index in [1.165, 1.54) is 4.90 Å². The van der Waals surface area contributed by atoms with Gasteiger partial charge in [-0.25, -0.2) is 0 Å². The predicted molar refractivity (Wildman–Crippen MR) is 158 cm³/mol. The number of carbonyl (C=O) groups is 2. The second kappa shape index (κ2) is 14.0. The van der Waals surface area contributed by atoms with Crippen LogP contribution >= 0.6 is 39.1 Å². The van der Waals surface area contributed by atoms with E-state index >= 15 is 0 Å². The highest BCUT2D eigenvalue weighted by Crippen LogP contribution is 2.29. The van der Waals surface area contributed by atoms with Crippen LogP contribution in [0, 0.1) is 13.8 Å². The van der Waals surface area contributed by atoms with E-state index in [4.69, 9.17) is 27.9 Å². The molecule has 0 saturated carbocycles. The molecule has 0 heterocycles. The van der Waals surface area contributed by atoms with Crippen molar-refractivity contribution in [2.24, 2.45) is 0 Å². The summed E-state index contributed by atoms with van der Waals surface area (Å²) in [6.07, 6.45) is 1.09. The quantitative estimate of drug-likeness (QED) is 0.245. The Morgan fingerprint density at radius 2 is 1.61 bits per heavy atom. The first-order chi connectivity index (χ1) is 18.1. The number of nitrogens with one attached hydrogen (secondary N) is 1. The van der Waals surface area contributed by atoms with Crippen molar-refractivity contribution in [1.29, 1.82) is 0 Å². The number of ether oxygens (including phenoxy) is 1. The smallest absolute Gasteiger partial charge is 0.261 e. The van der Waals surface area contributed by atoms with Gasteiger partial charge in [-0.3, -0.25) is 9.59 Å². The van der Waals surface area contributed by atoms with Crippen molar-refractivity contribution in [2.45, 2.75) is 59.2 Å². The summed E-state index contributed by atoms with van der Waals surface area (Å²) >= 11 is 16.5. The molecule has 0 aliphatic heterocycles. The summed E-state index contributed by atoms with van der Waals surface area (Å²) in [6.45, 7) is 7.68. The lowest BCUT2D eigenvalue weighted by Gasteiger charge is -2.32. The van der Waals surface area contributed by atoms with Gasteiger partial charge in [0.15, 0.2) is 6.61 Å². The Morgan fingerprint density at radius 1 is 1.00 bits per heavy atom. The summed E-state index contributed by atoms with van der Waals surface area (Å²) in [4.78, 5) is 28.9. The second-order valence-corrected chi connectivity index (χ2v) is 11.0. The van der Waals surface area contributed by atoms with Crippen molar-refractivity contribution in [2.75, 3.05) is 6.61 Å². The molecule has 8 heteroatoms. The Hall–Kier alpha value is -2.54. The molecular formula is C30H33BrCl2N2O3. The zero-order chi connectivity index (χ0) is 27.8. The number of hydrogen-bond acceptors (Lipinski definition) is 3. The van der Waals surface area contributed by atoms with Crippen LogP contribution < -0.4 is 10.1 Å². The van der Waals surface area contributed by atoms with Crippen LogP contribution in [0.15, 0.2) is 65.1 Å². The molecule has 0 spiro atoms. The van der Waals surface area contributed by atoms with Crippen molar-refractivity contribution in [3.05, 3.63) is 97.4 Å². The first kappa shape index (κ1) is 30.0. The van der Waals surface area contributed by atoms with E-state index < -0.39 is 6.04 Å². The highest BCUT2D eigenvalue weighted by molar-refractivity contribution is 9.10. The van der Waals surface area contributed by atoms with Gasteiger partial charge in [0.1, 0.15) is 11.8 Å². The van der Waals surface area contributed by atoms with Crippen LogP contribution in [0.4, 0.5) is 0 Å². The molecule has 0 radical (unpaired) electrons. The largest absolute Gasteiger partial charge is 0.484 e. The van der Waals surface area contributed by atoms with Crippen LogP contribution in [0.1, 0.15) is 42.5 Å². The second-order valence-electron chi connectivity index (χ2n) is 9.40. The fourth-order valence-corrected chi connectivity index (χ4v) is 4.81. The SMILES string of the molecule is CC[C@H](C)NC(=O)[C@@H](Cc1ccccc1)N(Cc1c(Cl)cccc1Cl)C(=O)COc1cc(C)c(Br)c(C)c1. The van der Waals surface area contributed by atoms with E-state index in [-0.39, 0.29) is 31.0 Å². The van der Waals surface area contributed by atoms with Crippen molar-refractivity contribution < 1.29 is 14.3 Å². The maximum atomic E-state index is 13.8. The average molecular weight is 620 g/mol. The van der Waals surface area contributed by atoms with Crippen LogP contribution in [-0.4, -0.2) is 35.4 Å². The fourth-order valence-electron chi connectivity index (χ4n) is 4.07. The van der Waals surface area contributed by atoms with E-state index in [1.54, 1.807) is 18.2 Å². The monoisotopic (exact) mass is 618 g/mol. The number of hydrogen-bond donors (Lipinski definition) is 1. The summed E-state index contributed by atoms with van der Waals surface area (Å²) in [5, 5.41) is 3.90. The summed E-state index contributed by atoms with van der Waals surface area (Å²) in [6, 6.07) is 17.7. The van der Waals surface area contributed by atoms with Crippen LogP contribution in [0.5, 0.6) is 5.75 Å². The third kappa shape index (κ3) is 7.98. The van der Waals surface area contributed by atoms with E-state index in [0.29, 0.717) is 27.8 Å². The van der Waals surface area contributed by atoms with Crippen LogP contribution in [-0.2, 0) is 22.6 Å². The minimum absolute atomic E-state index is 0.0495. The van der Waals surface area contributed by atoms with E-state index in [9.17, 15) is 9.59 Å². The number of rotatable bonds is 11. The molecule has 0 fully saturated rings. The molecule has 2 atom stereocenters. The van der Waals surface area contributed by atoms with Gasteiger partial charge in [0.25, 0.3) is 5.91 Å². The molecule has 3 aromatic rings. The number of aryl methyl sites for hydroxylation is 2. The lowest BCUT2D eigenvalue weighted by Crippen LogP contribution is -2.53. The van der Waals surface area contributed by atoms with Crippen LogP contribution in [0.25, 0.3) is 0 Å². The van der Waals surface area contributed by atoms with Crippen LogP contribution in [0.2, 0.25) is 10.0 Å². The molecule has 0 bridgehead atoms. The molecule has 3 aromatic carbocycles. The molecular weight excluding hydrogens is 587 g/mol. The van der Waals surface area contributed by atoms with Crippen molar-refractivity contribution in [3.63, 3.8) is 0 Å². The lowest BCUT2D eigenvalue weighted by atomic mass is 10.0. The summed E-state index contributed by atoms with van der Waals surface area (Å²) < 4.78 is 6.93. The summed E-state index contributed by atoms with van der Waals surface area (Å²) in [5.41, 5.74) is 3.51. The number of halogens is 3. The molecule has 202 valence electrons. The molecule has 0 aliphatic carbocycles. The maximum Gasteiger partial charge on any atom is 0.261 e. The Bertz CT molecular complexity index is 1230. The number of amides is 2. The van der Waals surface area contributed by atoms with Gasteiger partial charge in [-0.2, -0.15) is 0 Å². The van der Waals surface area contributed by atoms with Crippen LogP contribution in [0.3, 0.4) is 0 Å². The topological polar surface area (TPSA) is 58.6 Å². The van der Waals surface area contributed by atoms with Gasteiger partial charge in [-0.05, 0) is 68.1 Å². The molecule has 2 amide bonds. The summed E-state index contributed by atoms with van der Waals surface area (Å²) in [5.74, 6) is -0.00885. The zero-order valence-electron chi connectivity index (χ0n) is 22.1. The maximum absolute atomic E-state index is 13.8. The molecule has 0 saturated heterocycles. The Kier molecular flexibility index (Phi) is 11.1.